The van der Waals surface area contributed by atoms with Crippen molar-refractivity contribution in [3.63, 3.8) is 0 Å². The number of aromatic nitrogens is 4. The Labute approximate surface area is 254 Å². The van der Waals surface area contributed by atoms with Crippen molar-refractivity contribution >= 4 is 27.3 Å². The summed E-state index contributed by atoms with van der Waals surface area (Å²) in [7, 11) is -6.93. The first-order valence-corrected chi connectivity index (χ1v) is 15.1. The molecule has 0 unspecified atom stereocenters. The average molecular weight is 634 g/mol. The van der Waals surface area contributed by atoms with Crippen LogP contribution >= 0.6 is 0 Å². The molecule has 6 rings (SSSR count). The smallest absolute Gasteiger partial charge is 0.272 e. The van der Waals surface area contributed by atoms with Gasteiger partial charge in [-0.15, -0.1) is 0 Å². The fraction of sp³-hybridized carbons (Fsp3) is 0.357. The zero-order chi connectivity index (χ0) is 33.7. The maximum atomic E-state index is 15.2. The minimum absolute atomic E-state index is 0.0730. The second-order valence-electron chi connectivity index (χ2n) is 10.8. The number of rotatable bonds is 9. The second-order valence-corrected chi connectivity index (χ2v) is 12.8. The number of pyridine rings is 1. The molecule has 3 aromatic heterocycles. The number of hydrogen-bond acceptors (Lipinski definition) is 9. The Hall–Kier alpha value is -4.28. The molecular formula is C28H29F3N8O4S. The predicted molar refractivity (Wildman–Crippen MR) is 154 cm³/mol. The number of nitrogens with one attached hydrogen (secondary N) is 1. The van der Waals surface area contributed by atoms with Crippen LogP contribution in [0.4, 0.5) is 19.0 Å². The van der Waals surface area contributed by atoms with Crippen molar-refractivity contribution in [2.45, 2.75) is 30.4 Å². The molecule has 44 heavy (non-hydrogen) atoms. The maximum Gasteiger partial charge on any atom is 0.272 e. The lowest BCUT2D eigenvalue weighted by molar-refractivity contribution is -0.133. The summed E-state index contributed by atoms with van der Waals surface area (Å²) in [6, 6.07) is 9.98. The van der Waals surface area contributed by atoms with Crippen LogP contribution in [0.5, 0.6) is 5.88 Å². The fourth-order valence-corrected chi connectivity index (χ4v) is 7.04. The molecule has 1 aromatic carbocycles. The van der Waals surface area contributed by atoms with E-state index in [0.717, 1.165) is 4.31 Å². The van der Waals surface area contributed by atoms with Crippen LogP contribution in [0.15, 0.2) is 55.0 Å². The molecule has 0 spiro atoms. The summed E-state index contributed by atoms with van der Waals surface area (Å²) < 4.78 is 98.1. The molecule has 232 valence electrons. The molecule has 2 saturated heterocycles. The molecule has 0 bridgehead atoms. The highest BCUT2D eigenvalue weighted by Crippen LogP contribution is 2.34. The van der Waals surface area contributed by atoms with Gasteiger partial charge in [-0.05, 0) is 23.3 Å². The van der Waals surface area contributed by atoms with E-state index in [-0.39, 0.29) is 35.8 Å². The number of nitrogens with two attached hydrogens (primary N) is 1. The molecule has 0 aliphatic carbocycles. The molecule has 2 aliphatic rings. The Balaban J connectivity index is 1.29. The number of carbonyl (C=O) groups is 1. The summed E-state index contributed by atoms with van der Waals surface area (Å²) in [5.74, 6) is -4.63. The molecule has 16 heteroatoms. The fourth-order valence-electron chi connectivity index (χ4n) is 5.48. The molecule has 2 aliphatic heterocycles. The van der Waals surface area contributed by atoms with E-state index in [1.54, 1.807) is 36.4 Å². The van der Waals surface area contributed by atoms with Crippen molar-refractivity contribution in [2.24, 2.45) is 0 Å². The lowest BCUT2D eigenvalue weighted by Gasteiger charge is -2.38. The zero-order valence-corrected chi connectivity index (χ0v) is 23.8. The number of likely N-dealkylation sites (tertiary alicyclic amines) is 1. The van der Waals surface area contributed by atoms with Gasteiger partial charge in [-0.1, -0.05) is 30.3 Å². The van der Waals surface area contributed by atoms with Crippen molar-refractivity contribution in [1.29, 1.82) is 0 Å². The van der Waals surface area contributed by atoms with Gasteiger partial charge >= 0.3 is 0 Å². The number of carbonyl (C=O) groups excluding carboxylic acids is 1. The number of amides is 1. The van der Waals surface area contributed by atoms with Gasteiger partial charge in [-0.25, -0.2) is 36.1 Å². The van der Waals surface area contributed by atoms with Crippen molar-refractivity contribution in [3.8, 4) is 17.1 Å². The van der Waals surface area contributed by atoms with E-state index in [1.165, 1.54) is 28.0 Å². The van der Waals surface area contributed by atoms with Gasteiger partial charge in [0.05, 0.1) is 41.7 Å². The highest BCUT2D eigenvalue weighted by atomic mass is 32.2. The first kappa shape index (κ1) is 26.2. The van der Waals surface area contributed by atoms with E-state index < -0.39 is 66.6 Å². The number of halogens is 3. The molecule has 12 nitrogen and oxygen atoms in total. The Morgan fingerprint density at radius 3 is 2.70 bits per heavy atom. The van der Waals surface area contributed by atoms with E-state index in [4.69, 9.17) is 14.6 Å². The predicted octanol–water partition coefficient (Wildman–Crippen LogP) is 2.12. The molecule has 2 fully saturated rings. The number of sulfonamides is 1. The van der Waals surface area contributed by atoms with E-state index >= 15 is 4.39 Å². The van der Waals surface area contributed by atoms with Crippen LogP contribution in [0.25, 0.3) is 16.8 Å². The summed E-state index contributed by atoms with van der Waals surface area (Å²) in [6.45, 7) is -1.63. The van der Waals surface area contributed by atoms with Crippen molar-refractivity contribution in [3.05, 3.63) is 71.7 Å². The van der Waals surface area contributed by atoms with Crippen LogP contribution in [0.3, 0.4) is 0 Å². The van der Waals surface area contributed by atoms with Crippen LogP contribution in [-0.2, 0) is 22.3 Å². The summed E-state index contributed by atoms with van der Waals surface area (Å²) in [5, 5.41) is 6.69. The number of benzene rings is 1. The van der Waals surface area contributed by atoms with Gasteiger partial charge in [0.15, 0.2) is 5.82 Å². The van der Waals surface area contributed by atoms with Gasteiger partial charge in [0.1, 0.15) is 23.6 Å². The first-order valence-electron chi connectivity index (χ1n) is 15.0. The average Bonchev–Trinajstić information content (AvgIpc) is 3.53. The number of nitrogens with zero attached hydrogens (tertiary/aromatic N) is 6. The highest BCUT2D eigenvalue weighted by Gasteiger charge is 2.44. The molecule has 3 N–H and O–H groups in total. The van der Waals surface area contributed by atoms with Crippen molar-refractivity contribution in [1.82, 2.24) is 34.1 Å². The number of hydrogen-bond donors (Lipinski definition) is 2. The van der Waals surface area contributed by atoms with Crippen LogP contribution in [0.2, 0.25) is 0 Å². The molecule has 0 saturated carbocycles. The lowest BCUT2D eigenvalue weighted by atomic mass is 10.1. The minimum atomic E-state index is -3.93. The van der Waals surface area contributed by atoms with E-state index in [0.29, 0.717) is 22.3 Å². The Kier molecular flexibility index (Phi) is 6.74. The molecular weight excluding hydrogens is 601 g/mol. The Morgan fingerprint density at radius 1 is 1.20 bits per heavy atom. The van der Waals surface area contributed by atoms with Crippen LogP contribution < -0.4 is 15.8 Å². The third kappa shape index (κ3) is 5.79. The third-order valence-electron chi connectivity index (χ3n) is 7.57. The standard InChI is InChI=1S/C28H29F3N8O4S/c1-43-27-20(26(40)36-22-12-38(11-21(22)29)44(41,42)13-17-5-3-2-4-6-17)7-18(9-33-27)23-8-19(10-37-14-28(30,31)15-37)24-25(32)34-16-35-39(23)24/h2-9,16,21-22H,10-15H2,1H3,(H,36,40)(H2,32,34,35)/t21-,22+/m0/s1/i1D3. The molecule has 2 atom stereocenters. The van der Waals surface area contributed by atoms with Crippen LogP contribution in [-0.4, -0.2) is 94.5 Å². The van der Waals surface area contributed by atoms with Gasteiger partial charge in [-0.3, -0.25) is 9.69 Å². The molecule has 5 heterocycles. The molecule has 0 radical (unpaired) electrons. The van der Waals surface area contributed by atoms with Gasteiger partial charge in [0.2, 0.25) is 15.9 Å². The van der Waals surface area contributed by atoms with Crippen LogP contribution in [0.1, 0.15) is 25.6 Å². The minimum Gasteiger partial charge on any atom is -0.480 e. The summed E-state index contributed by atoms with van der Waals surface area (Å²) >= 11 is 0. The number of nitrogen functional groups attached to an aromatic ring is 1. The maximum absolute atomic E-state index is 15.2. The summed E-state index contributed by atoms with van der Waals surface area (Å²) in [6.07, 6.45) is 0.642. The Bertz CT molecular complexity index is 1920. The largest absolute Gasteiger partial charge is 0.480 e. The van der Waals surface area contributed by atoms with Gasteiger partial charge < -0.3 is 15.8 Å². The number of alkyl halides is 3. The van der Waals surface area contributed by atoms with Gasteiger partial charge in [-0.2, -0.15) is 9.40 Å². The zero-order valence-electron chi connectivity index (χ0n) is 26.0. The molecule has 4 aromatic rings. The Morgan fingerprint density at radius 2 is 1.98 bits per heavy atom. The second kappa shape index (κ2) is 11.3. The van der Waals surface area contributed by atoms with Gasteiger partial charge in [0, 0.05) is 31.4 Å². The third-order valence-corrected chi connectivity index (χ3v) is 9.35. The number of ether oxygens (including phenoxy) is 1. The lowest BCUT2D eigenvalue weighted by Crippen LogP contribution is -2.55. The van der Waals surface area contributed by atoms with E-state index in [2.05, 4.69) is 20.4 Å². The van der Waals surface area contributed by atoms with E-state index in [9.17, 15) is 22.0 Å². The topological polar surface area (TPSA) is 148 Å². The van der Waals surface area contributed by atoms with Gasteiger partial charge in [0.25, 0.3) is 11.8 Å². The first-order chi connectivity index (χ1) is 22.1. The molecule has 1 amide bonds. The quantitative estimate of drug-likeness (QED) is 0.283. The van der Waals surface area contributed by atoms with Crippen LogP contribution in [0, 0.1) is 0 Å². The summed E-state index contributed by atoms with van der Waals surface area (Å²) in [4.78, 5) is 23.2. The highest BCUT2D eigenvalue weighted by molar-refractivity contribution is 7.88. The number of methoxy groups -OCH3 is 1. The summed E-state index contributed by atoms with van der Waals surface area (Å²) in [5.41, 5.74) is 7.67. The number of anilines is 1. The number of fused-ring (bicyclic) bond motifs is 1. The monoisotopic (exact) mass is 633 g/mol. The normalized spacial score (nSPS) is 21.8. The van der Waals surface area contributed by atoms with E-state index in [1.807, 2.05) is 0 Å². The SMILES string of the molecule is [2H]C([2H])([2H])Oc1ncc(-c2cc(CN3CC(F)(F)C3)c3c(N)ncnn23)cc1C(=O)N[C@@H]1CN(S(=O)(=O)Cc2ccccc2)C[C@@H]1F. The van der Waals surface area contributed by atoms with Crippen molar-refractivity contribution < 1.29 is 35.2 Å². The van der Waals surface area contributed by atoms with Crippen molar-refractivity contribution in [2.75, 3.05) is 39.0 Å².